The normalized spacial score (nSPS) is 10.2. The van der Waals surface area contributed by atoms with Gasteiger partial charge < -0.3 is 5.32 Å². The van der Waals surface area contributed by atoms with E-state index in [4.69, 9.17) is 0 Å². The summed E-state index contributed by atoms with van der Waals surface area (Å²) in [4.78, 5) is 4.07. The van der Waals surface area contributed by atoms with Crippen LogP contribution in [0.5, 0.6) is 0 Å². The van der Waals surface area contributed by atoms with Crippen LogP contribution in [0.25, 0.3) is 5.69 Å². The molecule has 0 aliphatic carbocycles. The number of nitrogens with zero attached hydrogens (tertiary/aromatic N) is 2. The highest BCUT2D eigenvalue weighted by molar-refractivity contribution is 5.42. The zero-order chi connectivity index (χ0) is 12.3. The molecule has 0 amide bonds. The predicted octanol–water partition coefficient (Wildman–Crippen LogP) is 2.75. The van der Waals surface area contributed by atoms with Crippen LogP contribution in [0.15, 0.2) is 43.2 Å². The van der Waals surface area contributed by atoms with Gasteiger partial charge in [0.2, 0.25) is 5.95 Å². The largest absolute Gasteiger partial charge is 0.352 e. The molecule has 2 rings (SSSR count). The average Bonchev–Trinajstić information content (AvgIpc) is 2.78. The van der Waals surface area contributed by atoms with Gasteiger partial charge in [0.1, 0.15) is 0 Å². The van der Waals surface area contributed by atoms with Crippen molar-refractivity contribution in [1.82, 2.24) is 9.55 Å². The lowest BCUT2D eigenvalue weighted by atomic mass is 10.3. The van der Waals surface area contributed by atoms with E-state index in [1.807, 2.05) is 0 Å². The first-order chi connectivity index (χ1) is 8.22. The van der Waals surface area contributed by atoms with E-state index in [0.29, 0.717) is 18.2 Å². The summed E-state index contributed by atoms with van der Waals surface area (Å²) in [6.45, 7) is 4.12. The SMILES string of the molecule is C=CCNc1nccn1-c1ccc(F)c(F)c1. The standard InChI is InChI=1S/C12H11F2N3/c1-2-5-15-12-16-6-7-17(12)9-3-4-10(13)11(14)8-9/h2-4,6-8H,1,5H2,(H,15,16). The van der Waals surface area contributed by atoms with E-state index in [1.165, 1.54) is 6.07 Å². The Labute approximate surface area is 97.4 Å². The molecule has 0 saturated heterocycles. The Kier molecular flexibility index (Phi) is 3.18. The molecule has 17 heavy (non-hydrogen) atoms. The second kappa shape index (κ2) is 4.78. The Bertz CT molecular complexity index is 534. The van der Waals surface area contributed by atoms with Crippen molar-refractivity contribution in [2.45, 2.75) is 0 Å². The van der Waals surface area contributed by atoms with Crippen LogP contribution < -0.4 is 5.32 Å². The Morgan fingerprint density at radius 3 is 2.88 bits per heavy atom. The number of aromatic nitrogens is 2. The molecule has 1 aromatic carbocycles. The second-order valence-corrected chi connectivity index (χ2v) is 3.39. The van der Waals surface area contributed by atoms with Crippen LogP contribution in [0.1, 0.15) is 0 Å². The molecule has 0 saturated carbocycles. The average molecular weight is 235 g/mol. The van der Waals surface area contributed by atoms with Crippen molar-refractivity contribution in [2.24, 2.45) is 0 Å². The number of benzene rings is 1. The third-order valence-corrected chi connectivity index (χ3v) is 2.23. The van der Waals surface area contributed by atoms with E-state index in [0.717, 1.165) is 12.1 Å². The zero-order valence-electron chi connectivity index (χ0n) is 9.03. The van der Waals surface area contributed by atoms with E-state index < -0.39 is 11.6 Å². The number of anilines is 1. The van der Waals surface area contributed by atoms with Gasteiger partial charge >= 0.3 is 0 Å². The Hall–Kier alpha value is -2.17. The van der Waals surface area contributed by atoms with Gasteiger partial charge in [-0.15, -0.1) is 6.58 Å². The molecular formula is C12H11F2N3. The second-order valence-electron chi connectivity index (χ2n) is 3.39. The highest BCUT2D eigenvalue weighted by Gasteiger charge is 2.07. The van der Waals surface area contributed by atoms with Crippen molar-refractivity contribution in [1.29, 1.82) is 0 Å². The van der Waals surface area contributed by atoms with Crippen LogP contribution in [0.3, 0.4) is 0 Å². The lowest BCUT2D eigenvalue weighted by molar-refractivity contribution is 0.508. The minimum Gasteiger partial charge on any atom is -0.352 e. The molecule has 0 aliphatic rings. The van der Waals surface area contributed by atoms with Crippen LogP contribution in [-0.2, 0) is 0 Å². The van der Waals surface area contributed by atoms with E-state index >= 15 is 0 Å². The van der Waals surface area contributed by atoms with Crippen molar-refractivity contribution >= 4 is 5.95 Å². The first-order valence-corrected chi connectivity index (χ1v) is 5.06. The van der Waals surface area contributed by atoms with Gasteiger partial charge in [-0.05, 0) is 12.1 Å². The molecule has 0 fully saturated rings. The van der Waals surface area contributed by atoms with Gasteiger partial charge in [0.15, 0.2) is 11.6 Å². The molecule has 2 aromatic rings. The first-order valence-electron chi connectivity index (χ1n) is 5.06. The van der Waals surface area contributed by atoms with Gasteiger partial charge in [-0.25, -0.2) is 13.8 Å². The summed E-state index contributed by atoms with van der Waals surface area (Å²) in [5.74, 6) is -1.20. The topological polar surface area (TPSA) is 29.9 Å². The highest BCUT2D eigenvalue weighted by atomic mass is 19.2. The molecule has 0 aliphatic heterocycles. The molecule has 0 bridgehead atoms. The molecule has 0 spiro atoms. The van der Waals surface area contributed by atoms with E-state index in [2.05, 4.69) is 16.9 Å². The monoisotopic (exact) mass is 235 g/mol. The van der Waals surface area contributed by atoms with E-state index in [1.54, 1.807) is 23.0 Å². The van der Waals surface area contributed by atoms with Gasteiger partial charge in [-0.2, -0.15) is 0 Å². The first kappa shape index (κ1) is 11.3. The zero-order valence-corrected chi connectivity index (χ0v) is 9.03. The van der Waals surface area contributed by atoms with Crippen molar-refractivity contribution in [3.63, 3.8) is 0 Å². The van der Waals surface area contributed by atoms with Gasteiger partial charge in [0.25, 0.3) is 0 Å². The minimum atomic E-state index is -0.883. The Morgan fingerprint density at radius 2 is 2.18 bits per heavy atom. The number of imidazole rings is 1. The quantitative estimate of drug-likeness (QED) is 0.826. The Balaban J connectivity index is 2.35. The van der Waals surface area contributed by atoms with Crippen molar-refractivity contribution in [3.8, 4) is 5.69 Å². The third kappa shape index (κ3) is 2.33. The number of hydrogen-bond acceptors (Lipinski definition) is 2. The molecule has 1 heterocycles. The highest BCUT2D eigenvalue weighted by Crippen LogP contribution is 2.17. The summed E-state index contributed by atoms with van der Waals surface area (Å²) in [6.07, 6.45) is 4.93. The lowest BCUT2D eigenvalue weighted by Crippen LogP contribution is -2.06. The Morgan fingerprint density at radius 1 is 1.35 bits per heavy atom. The summed E-state index contributed by atoms with van der Waals surface area (Å²) in [7, 11) is 0. The molecule has 0 unspecified atom stereocenters. The maximum atomic E-state index is 13.1. The van der Waals surface area contributed by atoms with Gasteiger partial charge in [0, 0.05) is 25.0 Å². The number of rotatable bonds is 4. The maximum Gasteiger partial charge on any atom is 0.207 e. The fourth-order valence-electron chi connectivity index (χ4n) is 1.44. The van der Waals surface area contributed by atoms with E-state index in [-0.39, 0.29) is 0 Å². The molecule has 0 atom stereocenters. The predicted molar refractivity (Wildman–Crippen MR) is 62.2 cm³/mol. The molecule has 3 nitrogen and oxygen atoms in total. The molecule has 1 N–H and O–H groups in total. The molecule has 1 aromatic heterocycles. The molecule has 5 heteroatoms. The number of halogens is 2. The summed E-state index contributed by atoms with van der Waals surface area (Å²) < 4.78 is 27.6. The van der Waals surface area contributed by atoms with Crippen LogP contribution in [-0.4, -0.2) is 16.1 Å². The lowest BCUT2D eigenvalue weighted by Gasteiger charge is -2.08. The minimum absolute atomic E-state index is 0.507. The van der Waals surface area contributed by atoms with Crippen molar-refractivity contribution < 1.29 is 8.78 Å². The molecule has 88 valence electrons. The van der Waals surface area contributed by atoms with Crippen LogP contribution >= 0.6 is 0 Å². The summed E-state index contributed by atoms with van der Waals surface area (Å²) >= 11 is 0. The summed E-state index contributed by atoms with van der Waals surface area (Å²) in [5.41, 5.74) is 0.507. The number of hydrogen-bond donors (Lipinski definition) is 1. The fourth-order valence-corrected chi connectivity index (χ4v) is 1.44. The van der Waals surface area contributed by atoms with E-state index in [9.17, 15) is 8.78 Å². The molecular weight excluding hydrogens is 224 g/mol. The fraction of sp³-hybridized carbons (Fsp3) is 0.0833. The smallest absolute Gasteiger partial charge is 0.207 e. The van der Waals surface area contributed by atoms with Crippen molar-refractivity contribution in [3.05, 3.63) is 54.9 Å². The summed E-state index contributed by atoms with van der Waals surface area (Å²) in [6, 6.07) is 3.69. The van der Waals surface area contributed by atoms with Crippen LogP contribution in [0.4, 0.5) is 14.7 Å². The van der Waals surface area contributed by atoms with Gasteiger partial charge in [-0.3, -0.25) is 4.57 Å². The number of nitrogens with one attached hydrogen (secondary N) is 1. The summed E-state index contributed by atoms with van der Waals surface area (Å²) in [5, 5.41) is 2.99. The van der Waals surface area contributed by atoms with Crippen molar-refractivity contribution in [2.75, 3.05) is 11.9 Å². The van der Waals surface area contributed by atoms with Crippen LogP contribution in [0.2, 0.25) is 0 Å². The van der Waals surface area contributed by atoms with Gasteiger partial charge in [-0.1, -0.05) is 6.08 Å². The maximum absolute atomic E-state index is 13.1. The van der Waals surface area contributed by atoms with Crippen LogP contribution in [0, 0.1) is 11.6 Å². The molecule has 0 radical (unpaired) electrons. The third-order valence-electron chi connectivity index (χ3n) is 2.23. The van der Waals surface area contributed by atoms with Gasteiger partial charge in [0.05, 0.1) is 5.69 Å².